The number of phenolic OH excluding ortho intramolecular Hbond substituents is 2. The average Bonchev–Trinajstić information content (AvgIpc) is 3.12. The van der Waals surface area contributed by atoms with E-state index in [9.17, 15) is 24.6 Å². The van der Waals surface area contributed by atoms with Crippen molar-refractivity contribution in [3.8, 4) is 34.5 Å². The van der Waals surface area contributed by atoms with Gasteiger partial charge in [-0.2, -0.15) is 0 Å². The first-order valence-electron chi connectivity index (χ1n) is 15.0. The van der Waals surface area contributed by atoms with Crippen LogP contribution in [-0.4, -0.2) is 56.0 Å². The van der Waals surface area contributed by atoms with Gasteiger partial charge < -0.3 is 29.2 Å². The van der Waals surface area contributed by atoms with Gasteiger partial charge in [-0.25, -0.2) is 0 Å². The van der Waals surface area contributed by atoms with E-state index in [2.05, 4.69) is 0 Å². The Morgan fingerprint density at radius 3 is 1.29 bits per heavy atom. The van der Waals surface area contributed by atoms with E-state index in [-0.39, 0.29) is 35.3 Å². The number of benzene rings is 4. The Kier molecular flexibility index (Phi) is 14.6. The van der Waals surface area contributed by atoms with E-state index in [0.717, 1.165) is 22.6 Å². The van der Waals surface area contributed by atoms with Crippen LogP contribution in [0.25, 0.3) is 24.3 Å². The van der Waals surface area contributed by atoms with Gasteiger partial charge in [-0.1, -0.05) is 60.7 Å². The molecule has 0 aromatic heterocycles. The summed E-state index contributed by atoms with van der Waals surface area (Å²) < 4.78 is 20.5. The second kappa shape index (κ2) is 19.3. The number of allylic oxidation sites excluding steroid dienone is 4. The zero-order chi connectivity index (χ0) is 35.6. The van der Waals surface area contributed by atoms with Crippen molar-refractivity contribution in [2.24, 2.45) is 0 Å². The normalized spacial score (nSPS) is 11.0. The molecule has 0 aliphatic rings. The first-order chi connectivity index (χ1) is 23.7. The van der Waals surface area contributed by atoms with Crippen LogP contribution in [-0.2, 0) is 14.4 Å². The maximum absolute atomic E-state index is 11.9. The molecule has 9 heteroatoms. The van der Waals surface area contributed by atoms with Gasteiger partial charge in [0, 0.05) is 11.1 Å². The number of ether oxygens (including phenoxy) is 4. The molecule has 0 saturated carbocycles. The molecule has 0 radical (unpaired) electrons. The van der Waals surface area contributed by atoms with E-state index in [4.69, 9.17) is 18.9 Å². The Labute approximate surface area is 285 Å². The Hall–Kier alpha value is -6.35. The largest absolute Gasteiger partial charge is 0.504 e. The summed E-state index contributed by atoms with van der Waals surface area (Å²) in [6.45, 7) is 0. The fraction of sp³-hybridized carbons (Fsp3) is 0.125. The first kappa shape index (κ1) is 37.1. The summed E-state index contributed by atoms with van der Waals surface area (Å²) in [4.78, 5) is 35.8. The van der Waals surface area contributed by atoms with E-state index in [1.807, 2.05) is 48.5 Å². The highest BCUT2D eigenvalue weighted by molar-refractivity contribution is 6.11. The number of aromatic hydroxyl groups is 2. The summed E-state index contributed by atoms with van der Waals surface area (Å²) >= 11 is 0. The van der Waals surface area contributed by atoms with Gasteiger partial charge >= 0.3 is 0 Å². The van der Waals surface area contributed by atoms with Gasteiger partial charge in [-0.3, -0.25) is 14.4 Å². The van der Waals surface area contributed by atoms with Crippen molar-refractivity contribution in [1.82, 2.24) is 0 Å². The van der Waals surface area contributed by atoms with Crippen molar-refractivity contribution in [3.05, 3.63) is 131 Å². The minimum absolute atomic E-state index is 0.00662. The van der Waals surface area contributed by atoms with Crippen molar-refractivity contribution >= 4 is 41.7 Å². The molecule has 49 heavy (non-hydrogen) atoms. The van der Waals surface area contributed by atoms with Crippen molar-refractivity contribution in [3.63, 3.8) is 0 Å². The van der Waals surface area contributed by atoms with Gasteiger partial charge in [0.1, 0.15) is 11.5 Å². The highest BCUT2D eigenvalue weighted by atomic mass is 16.5. The van der Waals surface area contributed by atoms with Gasteiger partial charge in [-0.05, 0) is 84.0 Å². The maximum atomic E-state index is 11.9. The first-order valence-corrected chi connectivity index (χ1v) is 15.0. The molecule has 4 rings (SSSR count). The Morgan fingerprint density at radius 2 is 0.898 bits per heavy atom. The second-order valence-electron chi connectivity index (χ2n) is 10.2. The molecule has 252 valence electrons. The summed E-state index contributed by atoms with van der Waals surface area (Å²) in [5, 5.41) is 19.1. The summed E-state index contributed by atoms with van der Waals surface area (Å²) in [6.07, 6.45) is 12.0. The molecule has 0 heterocycles. The van der Waals surface area contributed by atoms with Gasteiger partial charge in [0.05, 0.1) is 34.9 Å². The Morgan fingerprint density at radius 1 is 0.510 bits per heavy atom. The van der Waals surface area contributed by atoms with Crippen LogP contribution < -0.4 is 18.9 Å². The number of para-hydroxylation sites is 2. The molecule has 0 aliphatic heterocycles. The van der Waals surface area contributed by atoms with E-state index >= 15 is 0 Å². The van der Waals surface area contributed by atoms with Crippen LogP contribution in [0.1, 0.15) is 28.7 Å². The van der Waals surface area contributed by atoms with E-state index in [1.54, 1.807) is 62.8 Å². The molecule has 4 aromatic rings. The van der Waals surface area contributed by atoms with Crippen LogP contribution in [0.15, 0.2) is 109 Å². The number of methoxy groups -OCH3 is 4. The number of phenols is 2. The number of ketones is 3. The van der Waals surface area contributed by atoms with Gasteiger partial charge in [0.15, 0.2) is 40.3 Å². The number of rotatable bonds is 14. The van der Waals surface area contributed by atoms with Crippen LogP contribution in [0.5, 0.6) is 34.5 Å². The lowest BCUT2D eigenvalue weighted by atomic mass is 10.1. The Balaban J connectivity index is 0.000000271. The van der Waals surface area contributed by atoms with Crippen LogP contribution in [0, 0.1) is 0 Å². The summed E-state index contributed by atoms with van der Waals surface area (Å²) in [5.74, 6) is 1.29. The molecule has 2 N–H and O–H groups in total. The third-order valence-corrected chi connectivity index (χ3v) is 6.81. The SMILES string of the molecule is COc1cc(/C=C/C(=O)CC(=O)/C=C/c2ccc(O)c(OC)c2)ccc1O.COc1ccccc1C=CC(=O)C=Cc1ccccc1OC. The molecule has 0 spiro atoms. The quantitative estimate of drug-likeness (QED) is 0.105. The topological polar surface area (TPSA) is 129 Å². The molecule has 0 atom stereocenters. The average molecular weight is 663 g/mol. The molecule has 0 bridgehead atoms. The predicted octanol–water partition coefficient (Wildman–Crippen LogP) is 7.37. The molecule has 0 saturated heterocycles. The van der Waals surface area contributed by atoms with E-state index < -0.39 is 0 Å². The number of carbonyl (C=O) groups is 3. The van der Waals surface area contributed by atoms with Gasteiger partial charge in [0.25, 0.3) is 0 Å². The minimum Gasteiger partial charge on any atom is -0.504 e. The smallest absolute Gasteiger partial charge is 0.178 e. The van der Waals surface area contributed by atoms with Crippen LogP contribution in [0.2, 0.25) is 0 Å². The van der Waals surface area contributed by atoms with E-state index in [1.165, 1.54) is 50.7 Å². The molecule has 0 unspecified atom stereocenters. The molecule has 9 nitrogen and oxygen atoms in total. The number of carbonyl (C=O) groups excluding carboxylic acids is 3. The summed E-state index contributed by atoms with van der Waals surface area (Å²) in [7, 11) is 6.08. The molecule has 4 aromatic carbocycles. The minimum atomic E-state index is -0.347. The lowest BCUT2D eigenvalue weighted by Crippen LogP contribution is -2.01. The fourth-order valence-corrected chi connectivity index (χ4v) is 4.27. The summed E-state index contributed by atoms with van der Waals surface area (Å²) in [5.41, 5.74) is 3.06. The fourth-order valence-electron chi connectivity index (χ4n) is 4.27. The van der Waals surface area contributed by atoms with Crippen molar-refractivity contribution in [2.75, 3.05) is 28.4 Å². The zero-order valence-electron chi connectivity index (χ0n) is 27.7. The third-order valence-electron chi connectivity index (χ3n) is 6.81. The van der Waals surface area contributed by atoms with E-state index in [0.29, 0.717) is 22.6 Å². The zero-order valence-corrected chi connectivity index (χ0v) is 27.7. The third kappa shape index (κ3) is 12.1. The highest BCUT2D eigenvalue weighted by Crippen LogP contribution is 2.28. The summed E-state index contributed by atoms with van der Waals surface area (Å²) in [6, 6.07) is 24.4. The molecule has 0 amide bonds. The number of hydrogen-bond donors (Lipinski definition) is 2. The lowest BCUT2D eigenvalue weighted by molar-refractivity contribution is -0.122. The van der Waals surface area contributed by atoms with Gasteiger partial charge in [-0.15, -0.1) is 0 Å². The Bertz CT molecular complexity index is 1730. The highest BCUT2D eigenvalue weighted by Gasteiger charge is 2.06. The van der Waals surface area contributed by atoms with Crippen molar-refractivity contribution < 1.29 is 43.5 Å². The predicted molar refractivity (Wildman–Crippen MR) is 191 cm³/mol. The van der Waals surface area contributed by atoms with Crippen molar-refractivity contribution in [1.29, 1.82) is 0 Å². The molecular weight excluding hydrogens is 624 g/mol. The van der Waals surface area contributed by atoms with Crippen LogP contribution in [0.3, 0.4) is 0 Å². The van der Waals surface area contributed by atoms with Crippen LogP contribution in [0.4, 0.5) is 0 Å². The molecular formula is C40H38O9. The van der Waals surface area contributed by atoms with Gasteiger partial charge in [0.2, 0.25) is 0 Å². The number of hydrogen-bond acceptors (Lipinski definition) is 9. The monoisotopic (exact) mass is 662 g/mol. The second-order valence-corrected chi connectivity index (χ2v) is 10.2. The van der Waals surface area contributed by atoms with Crippen LogP contribution >= 0.6 is 0 Å². The maximum Gasteiger partial charge on any atom is 0.178 e. The van der Waals surface area contributed by atoms with Crippen molar-refractivity contribution in [2.45, 2.75) is 6.42 Å². The molecule has 0 aliphatic carbocycles. The molecule has 0 fully saturated rings. The standard InChI is InChI=1S/C21H20O6.C19H18O3/c1-26-20-11-14(5-9-18(20)24)3-7-16(22)13-17(23)8-4-15-6-10-19(25)21(12-15)27-2;1-21-18-9-5-3-7-15(18)11-13-17(20)14-12-16-8-4-6-10-19(16)22-2/h3-12,24-25H,13H2,1-2H3;3-14H,1-2H3/b7-3+,8-4+;. The lowest BCUT2D eigenvalue weighted by Gasteiger charge is -2.03.